The van der Waals surface area contributed by atoms with E-state index in [0.717, 1.165) is 5.02 Å². The maximum Gasteiger partial charge on any atom is 0.0406 e. The SMILES string of the molecule is CC(c1ccncc1)c1ccc(Cl)cc1. The van der Waals surface area contributed by atoms with Crippen molar-refractivity contribution in [2.45, 2.75) is 12.8 Å². The van der Waals surface area contributed by atoms with Crippen LogP contribution in [0.1, 0.15) is 24.0 Å². The molecule has 0 bridgehead atoms. The van der Waals surface area contributed by atoms with Crippen LogP contribution in [0.4, 0.5) is 0 Å². The van der Waals surface area contributed by atoms with Gasteiger partial charge >= 0.3 is 0 Å². The molecule has 0 aliphatic carbocycles. The number of hydrogen-bond donors (Lipinski definition) is 0. The lowest BCUT2D eigenvalue weighted by molar-refractivity contribution is 0.917. The van der Waals surface area contributed by atoms with Crippen LogP contribution in [0, 0.1) is 0 Å². The van der Waals surface area contributed by atoms with Crippen molar-refractivity contribution in [2.75, 3.05) is 0 Å². The van der Waals surface area contributed by atoms with Gasteiger partial charge in [-0.15, -0.1) is 0 Å². The van der Waals surface area contributed by atoms with Crippen molar-refractivity contribution in [1.82, 2.24) is 4.98 Å². The van der Waals surface area contributed by atoms with Crippen molar-refractivity contribution < 1.29 is 0 Å². The molecule has 15 heavy (non-hydrogen) atoms. The molecule has 76 valence electrons. The van der Waals surface area contributed by atoms with Gasteiger partial charge in [0.1, 0.15) is 0 Å². The normalized spacial score (nSPS) is 12.4. The highest BCUT2D eigenvalue weighted by atomic mass is 35.5. The molecule has 0 saturated carbocycles. The Kier molecular flexibility index (Phi) is 3.02. The minimum atomic E-state index is 0.380. The number of rotatable bonds is 2. The van der Waals surface area contributed by atoms with Crippen molar-refractivity contribution in [3.63, 3.8) is 0 Å². The number of halogens is 1. The van der Waals surface area contributed by atoms with Gasteiger partial charge in [-0.25, -0.2) is 0 Å². The van der Waals surface area contributed by atoms with Crippen LogP contribution >= 0.6 is 11.6 Å². The fraction of sp³-hybridized carbons (Fsp3) is 0.154. The van der Waals surface area contributed by atoms with E-state index in [4.69, 9.17) is 11.6 Å². The molecule has 0 aliphatic rings. The van der Waals surface area contributed by atoms with Gasteiger partial charge in [-0.1, -0.05) is 30.7 Å². The summed E-state index contributed by atoms with van der Waals surface area (Å²) < 4.78 is 0. The number of benzene rings is 1. The fourth-order valence-corrected chi connectivity index (χ4v) is 1.72. The van der Waals surface area contributed by atoms with Crippen LogP contribution in [0.2, 0.25) is 5.02 Å². The highest BCUT2D eigenvalue weighted by Crippen LogP contribution is 2.24. The second-order valence-electron chi connectivity index (χ2n) is 3.55. The lowest BCUT2D eigenvalue weighted by Gasteiger charge is -2.11. The van der Waals surface area contributed by atoms with Crippen LogP contribution in [0.25, 0.3) is 0 Å². The maximum absolute atomic E-state index is 5.85. The predicted molar refractivity (Wildman–Crippen MR) is 63.2 cm³/mol. The van der Waals surface area contributed by atoms with E-state index in [1.807, 2.05) is 36.7 Å². The standard InChI is InChI=1S/C13H12ClN/c1-10(12-6-8-15-9-7-12)11-2-4-13(14)5-3-11/h2-10H,1H3. The topological polar surface area (TPSA) is 12.9 Å². The zero-order valence-corrected chi connectivity index (χ0v) is 9.28. The van der Waals surface area contributed by atoms with Crippen LogP contribution in [0.5, 0.6) is 0 Å². The molecule has 2 rings (SSSR count). The summed E-state index contributed by atoms with van der Waals surface area (Å²) in [5.74, 6) is 0.380. The first-order valence-corrected chi connectivity index (χ1v) is 5.30. The van der Waals surface area contributed by atoms with E-state index in [1.54, 1.807) is 0 Å². The third-order valence-electron chi connectivity index (χ3n) is 2.58. The molecule has 0 fully saturated rings. The lowest BCUT2D eigenvalue weighted by Crippen LogP contribution is -1.95. The highest BCUT2D eigenvalue weighted by Gasteiger charge is 2.07. The van der Waals surface area contributed by atoms with Crippen LogP contribution in [0.15, 0.2) is 48.8 Å². The molecule has 1 nitrogen and oxygen atoms in total. The molecule has 1 unspecified atom stereocenters. The van der Waals surface area contributed by atoms with Crippen LogP contribution in [-0.2, 0) is 0 Å². The van der Waals surface area contributed by atoms with Crippen molar-refractivity contribution in [1.29, 1.82) is 0 Å². The fourth-order valence-electron chi connectivity index (χ4n) is 1.60. The molecule has 0 amide bonds. The molecule has 1 aromatic heterocycles. The first kappa shape index (κ1) is 10.2. The van der Waals surface area contributed by atoms with Crippen LogP contribution in [0.3, 0.4) is 0 Å². The molecule has 0 radical (unpaired) electrons. The Hall–Kier alpha value is -1.34. The van der Waals surface area contributed by atoms with Gasteiger partial charge in [-0.3, -0.25) is 4.98 Å². The van der Waals surface area contributed by atoms with E-state index in [2.05, 4.69) is 24.0 Å². The predicted octanol–water partition coefficient (Wildman–Crippen LogP) is 3.89. The van der Waals surface area contributed by atoms with Gasteiger partial charge in [0.15, 0.2) is 0 Å². The Balaban J connectivity index is 2.29. The van der Waals surface area contributed by atoms with Gasteiger partial charge < -0.3 is 0 Å². The Morgan fingerprint density at radius 1 is 0.933 bits per heavy atom. The van der Waals surface area contributed by atoms with Gasteiger partial charge in [-0.05, 0) is 35.4 Å². The van der Waals surface area contributed by atoms with Crippen molar-refractivity contribution in [3.8, 4) is 0 Å². The summed E-state index contributed by atoms with van der Waals surface area (Å²) in [5, 5.41) is 0.778. The number of pyridine rings is 1. The molecular weight excluding hydrogens is 206 g/mol. The molecule has 2 heteroatoms. The first-order valence-electron chi connectivity index (χ1n) is 4.93. The van der Waals surface area contributed by atoms with Crippen LogP contribution < -0.4 is 0 Å². The summed E-state index contributed by atoms with van der Waals surface area (Å²) in [6.45, 7) is 2.18. The summed E-state index contributed by atoms with van der Waals surface area (Å²) in [7, 11) is 0. The Bertz CT molecular complexity index is 422. The minimum absolute atomic E-state index is 0.380. The van der Waals surface area contributed by atoms with Gasteiger partial charge in [-0.2, -0.15) is 0 Å². The Morgan fingerprint density at radius 2 is 1.47 bits per heavy atom. The smallest absolute Gasteiger partial charge is 0.0406 e. The third kappa shape index (κ3) is 2.37. The van der Waals surface area contributed by atoms with Gasteiger partial charge in [0.25, 0.3) is 0 Å². The monoisotopic (exact) mass is 217 g/mol. The second-order valence-corrected chi connectivity index (χ2v) is 3.99. The van der Waals surface area contributed by atoms with Gasteiger partial charge in [0.2, 0.25) is 0 Å². The Labute approximate surface area is 94.7 Å². The summed E-state index contributed by atoms with van der Waals surface area (Å²) >= 11 is 5.85. The molecule has 0 N–H and O–H groups in total. The lowest BCUT2D eigenvalue weighted by atomic mass is 9.94. The molecule has 1 atom stereocenters. The van der Waals surface area contributed by atoms with Crippen molar-refractivity contribution in [2.24, 2.45) is 0 Å². The number of aromatic nitrogens is 1. The van der Waals surface area contributed by atoms with E-state index in [1.165, 1.54) is 11.1 Å². The largest absolute Gasteiger partial charge is 0.265 e. The zero-order chi connectivity index (χ0) is 10.7. The summed E-state index contributed by atoms with van der Waals surface area (Å²) in [6, 6.07) is 12.1. The van der Waals surface area contributed by atoms with E-state index >= 15 is 0 Å². The maximum atomic E-state index is 5.85. The van der Waals surface area contributed by atoms with Crippen molar-refractivity contribution in [3.05, 3.63) is 64.9 Å². The quantitative estimate of drug-likeness (QED) is 0.744. The molecule has 0 spiro atoms. The van der Waals surface area contributed by atoms with E-state index in [9.17, 15) is 0 Å². The summed E-state index contributed by atoms with van der Waals surface area (Å²) in [4.78, 5) is 4.01. The molecule has 2 aromatic rings. The average Bonchev–Trinajstić information content (AvgIpc) is 2.30. The zero-order valence-electron chi connectivity index (χ0n) is 8.52. The molecule has 0 saturated heterocycles. The van der Waals surface area contributed by atoms with Crippen molar-refractivity contribution >= 4 is 11.6 Å². The van der Waals surface area contributed by atoms with E-state index in [-0.39, 0.29) is 0 Å². The first-order chi connectivity index (χ1) is 7.27. The molecule has 1 heterocycles. The van der Waals surface area contributed by atoms with E-state index < -0.39 is 0 Å². The van der Waals surface area contributed by atoms with E-state index in [0.29, 0.717) is 5.92 Å². The number of nitrogens with zero attached hydrogens (tertiary/aromatic N) is 1. The average molecular weight is 218 g/mol. The molecule has 0 aliphatic heterocycles. The summed E-state index contributed by atoms with van der Waals surface area (Å²) in [5.41, 5.74) is 2.54. The molecule has 1 aromatic carbocycles. The highest BCUT2D eigenvalue weighted by molar-refractivity contribution is 6.30. The van der Waals surface area contributed by atoms with Gasteiger partial charge in [0, 0.05) is 23.3 Å². The second kappa shape index (κ2) is 4.45. The third-order valence-corrected chi connectivity index (χ3v) is 2.83. The summed E-state index contributed by atoms with van der Waals surface area (Å²) in [6.07, 6.45) is 3.64. The Morgan fingerprint density at radius 3 is 2.07 bits per heavy atom. The minimum Gasteiger partial charge on any atom is -0.265 e. The number of hydrogen-bond acceptors (Lipinski definition) is 1. The van der Waals surface area contributed by atoms with Gasteiger partial charge in [0.05, 0.1) is 0 Å². The van der Waals surface area contributed by atoms with Crippen LogP contribution in [-0.4, -0.2) is 4.98 Å². The molecular formula is C13H12ClN.